The number of likely N-dealkylation sites (N-methyl/N-ethyl adjacent to an activating group) is 1. The van der Waals surface area contributed by atoms with Gasteiger partial charge in [-0.05, 0) is 24.7 Å². The topological polar surface area (TPSA) is 55.1 Å². The summed E-state index contributed by atoms with van der Waals surface area (Å²) in [5.41, 5.74) is 5.69. The van der Waals surface area contributed by atoms with Crippen LogP contribution >= 0.6 is 11.8 Å². The van der Waals surface area contributed by atoms with E-state index < -0.39 is 5.54 Å². The number of benzene rings is 2. The molecule has 1 unspecified atom stereocenters. The molecule has 0 radical (unpaired) electrons. The summed E-state index contributed by atoms with van der Waals surface area (Å²) in [6, 6.07) is 19.6. The smallest absolute Gasteiger partial charge is 0.243 e. The van der Waals surface area contributed by atoms with E-state index in [1.807, 2.05) is 60.7 Å². The summed E-state index contributed by atoms with van der Waals surface area (Å²) in [7, 11) is 1.77. The number of amides is 1. The highest BCUT2D eigenvalue weighted by Crippen LogP contribution is 2.29. The van der Waals surface area contributed by atoms with Crippen molar-refractivity contribution < 1.29 is 4.79 Å². The van der Waals surface area contributed by atoms with Gasteiger partial charge in [0.05, 0.1) is 0 Å². The molecule has 2 rings (SSSR count). The minimum absolute atomic E-state index is 0.366. The van der Waals surface area contributed by atoms with Crippen LogP contribution in [-0.4, -0.2) is 18.7 Å². The maximum Gasteiger partial charge on any atom is 0.243 e. The molecule has 0 spiro atoms. The van der Waals surface area contributed by atoms with E-state index in [9.17, 15) is 4.79 Å². The molecule has 0 saturated heterocycles. The SMILES string of the molecule is CNC(CSc1ccccc1)(C(N)=O)c1ccccc1. The minimum atomic E-state index is -0.859. The first-order valence-corrected chi connectivity index (χ1v) is 7.40. The van der Waals surface area contributed by atoms with E-state index in [1.54, 1.807) is 18.8 Å². The molecule has 0 bridgehead atoms. The highest BCUT2D eigenvalue weighted by atomic mass is 32.2. The van der Waals surface area contributed by atoms with Gasteiger partial charge in [0.25, 0.3) is 0 Å². The van der Waals surface area contributed by atoms with Gasteiger partial charge in [0.1, 0.15) is 5.54 Å². The molecular weight excluding hydrogens is 268 g/mol. The lowest BCUT2D eigenvalue weighted by Crippen LogP contribution is -2.53. The van der Waals surface area contributed by atoms with Gasteiger partial charge < -0.3 is 11.1 Å². The molecular formula is C16H18N2OS. The Balaban J connectivity index is 2.26. The number of hydrogen-bond donors (Lipinski definition) is 2. The van der Waals surface area contributed by atoms with E-state index >= 15 is 0 Å². The maximum atomic E-state index is 12.0. The number of carbonyl (C=O) groups excluding carboxylic acids is 1. The number of nitrogens with one attached hydrogen (secondary N) is 1. The van der Waals surface area contributed by atoms with Gasteiger partial charge in [-0.3, -0.25) is 4.79 Å². The van der Waals surface area contributed by atoms with Crippen LogP contribution in [0.1, 0.15) is 5.56 Å². The van der Waals surface area contributed by atoms with Crippen LogP contribution in [0.3, 0.4) is 0 Å². The fourth-order valence-corrected chi connectivity index (χ4v) is 3.25. The highest BCUT2D eigenvalue weighted by Gasteiger charge is 2.36. The van der Waals surface area contributed by atoms with E-state index in [1.165, 1.54) is 0 Å². The lowest BCUT2D eigenvalue weighted by Gasteiger charge is -2.30. The fourth-order valence-electron chi connectivity index (χ4n) is 2.07. The third-order valence-corrected chi connectivity index (χ3v) is 4.50. The van der Waals surface area contributed by atoms with Crippen LogP contribution in [0.25, 0.3) is 0 Å². The average Bonchev–Trinajstić information content (AvgIpc) is 2.50. The molecule has 0 aromatic heterocycles. The number of hydrogen-bond acceptors (Lipinski definition) is 3. The van der Waals surface area contributed by atoms with Crippen LogP contribution in [0, 0.1) is 0 Å². The lowest BCUT2D eigenvalue weighted by molar-refractivity contribution is -0.123. The second kappa shape index (κ2) is 6.59. The molecule has 3 nitrogen and oxygen atoms in total. The minimum Gasteiger partial charge on any atom is -0.368 e. The Morgan fingerprint density at radius 3 is 2.15 bits per heavy atom. The van der Waals surface area contributed by atoms with E-state index in [4.69, 9.17) is 5.73 Å². The third kappa shape index (κ3) is 3.03. The summed E-state index contributed by atoms with van der Waals surface area (Å²) >= 11 is 1.61. The van der Waals surface area contributed by atoms with Gasteiger partial charge in [0.15, 0.2) is 0 Å². The van der Waals surface area contributed by atoms with Gasteiger partial charge in [0, 0.05) is 10.6 Å². The molecule has 4 heteroatoms. The first-order chi connectivity index (χ1) is 9.69. The molecule has 0 heterocycles. The van der Waals surface area contributed by atoms with Gasteiger partial charge >= 0.3 is 0 Å². The molecule has 104 valence electrons. The van der Waals surface area contributed by atoms with Crippen LogP contribution in [-0.2, 0) is 10.3 Å². The Hall–Kier alpha value is -1.78. The molecule has 20 heavy (non-hydrogen) atoms. The van der Waals surface area contributed by atoms with Crippen LogP contribution in [0.5, 0.6) is 0 Å². The number of rotatable bonds is 6. The van der Waals surface area contributed by atoms with Crippen molar-refractivity contribution in [1.82, 2.24) is 5.32 Å². The van der Waals surface area contributed by atoms with Crippen molar-refractivity contribution in [3.63, 3.8) is 0 Å². The molecule has 0 fully saturated rings. The second-order valence-electron chi connectivity index (χ2n) is 4.49. The Morgan fingerprint density at radius 2 is 1.65 bits per heavy atom. The molecule has 1 amide bonds. The van der Waals surface area contributed by atoms with Crippen molar-refractivity contribution in [2.45, 2.75) is 10.4 Å². The first-order valence-electron chi connectivity index (χ1n) is 6.41. The maximum absolute atomic E-state index is 12.0. The molecule has 3 N–H and O–H groups in total. The van der Waals surface area contributed by atoms with Crippen LogP contribution in [0.4, 0.5) is 0 Å². The molecule has 2 aromatic rings. The van der Waals surface area contributed by atoms with Crippen molar-refractivity contribution in [2.24, 2.45) is 5.73 Å². The monoisotopic (exact) mass is 286 g/mol. The number of nitrogens with two attached hydrogens (primary N) is 1. The van der Waals surface area contributed by atoms with E-state index in [0.717, 1.165) is 10.5 Å². The Bertz CT molecular complexity index is 559. The second-order valence-corrected chi connectivity index (χ2v) is 5.54. The number of primary amides is 1. The summed E-state index contributed by atoms with van der Waals surface area (Å²) in [4.78, 5) is 13.1. The lowest BCUT2D eigenvalue weighted by atomic mass is 9.91. The standard InChI is InChI=1S/C16H18N2OS/c1-18-16(15(17)19,13-8-4-2-5-9-13)12-20-14-10-6-3-7-11-14/h2-11,18H,12H2,1H3,(H2,17,19). The fraction of sp³-hybridized carbons (Fsp3) is 0.188. The zero-order chi connectivity index (χ0) is 14.4. The van der Waals surface area contributed by atoms with Crippen molar-refractivity contribution in [2.75, 3.05) is 12.8 Å². The molecule has 1 atom stereocenters. The summed E-state index contributed by atoms with van der Waals surface area (Å²) in [6.45, 7) is 0. The molecule has 0 aliphatic carbocycles. The van der Waals surface area contributed by atoms with Crippen LogP contribution in [0.15, 0.2) is 65.6 Å². The first kappa shape index (κ1) is 14.6. The molecule has 0 aliphatic rings. The normalized spacial score (nSPS) is 13.7. The predicted molar refractivity (Wildman–Crippen MR) is 83.5 cm³/mol. The van der Waals surface area contributed by atoms with Crippen LogP contribution in [0.2, 0.25) is 0 Å². The average molecular weight is 286 g/mol. The summed E-state index contributed by atoms with van der Waals surface area (Å²) in [6.07, 6.45) is 0. The third-order valence-electron chi connectivity index (χ3n) is 3.31. The Kier molecular flexibility index (Phi) is 4.82. The van der Waals surface area contributed by atoms with Gasteiger partial charge in [0.2, 0.25) is 5.91 Å². The van der Waals surface area contributed by atoms with Gasteiger partial charge in [-0.15, -0.1) is 11.8 Å². The summed E-state index contributed by atoms with van der Waals surface area (Å²) in [5, 5.41) is 3.11. The largest absolute Gasteiger partial charge is 0.368 e. The summed E-state index contributed by atoms with van der Waals surface area (Å²) in [5.74, 6) is 0.182. The molecule has 0 saturated carbocycles. The van der Waals surface area contributed by atoms with Crippen LogP contribution < -0.4 is 11.1 Å². The number of carbonyl (C=O) groups is 1. The van der Waals surface area contributed by atoms with E-state index in [-0.39, 0.29) is 5.91 Å². The summed E-state index contributed by atoms with van der Waals surface area (Å²) < 4.78 is 0. The van der Waals surface area contributed by atoms with Gasteiger partial charge in [-0.1, -0.05) is 48.5 Å². The van der Waals surface area contributed by atoms with Gasteiger partial charge in [-0.2, -0.15) is 0 Å². The Labute approximate surface area is 123 Å². The zero-order valence-electron chi connectivity index (χ0n) is 11.4. The molecule has 2 aromatic carbocycles. The van der Waals surface area contributed by atoms with E-state index in [2.05, 4.69) is 5.32 Å². The predicted octanol–water partition coefficient (Wildman–Crippen LogP) is 2.38. The Morgan fingerprint density at radius 1 is 1.10 bits per heavy atom. The van der Waals surface area contributed by atoms with Crippen molar-refractivity contribution in [1.29, 1.82) is 0 Å². The highest BCUT2D eigenvalue weighted by molar-refractivity contribution is 7.99. The van der Waals surface area contributed by atoms with E-state index in [0.29, 0.717) is 5.75 Å². The number of thioether (sulfide) groups is 1. The molecule has 0 aliphatic heterocycles. The van der Waals surface area contributed by atoms with Gasteiger partial charge in [-0.25, -0.2) is 0 Å². The zero-order valence-corrected chi connectivity index (χ0v) is 12.2. The van der Waals surface area contributed by atoms with Crippen molar-refractivity contribution in [3.8, 4) is 0 Å². The quantitative estimate of drug-likeness (QED) is 0.802. The van der Waals surface area contributed by atoms with Crippen molar-refractivity contribution in [3.05, 3.63) is 66.2 Å². The van der Waals surface area contributed by atoms with Crippen molar-refractivity contribution >= 4 is 17.7 Å².